The molecule has 5 nitrogen and oxygen atoms in total. The number of sulfonamides is 1. The standard InChI is InChI=1S/C23H20Cl2N2O3S/c24-18-12-13-22(20(25)15-18)27(31(29,30)19-9-2-1-3-10-19)16-23(28)26-14-6-8-17-7-4-5-11-21(17)26/h1-5,7,9-13,15H,6,8,14,16H2. The van der Waals surface area contributed by atoms with E-state index < -0.39 is 10.0 Å². The van der Waals surface area contributed by atoms with Crippen molar-refractivity contribution in [2.24, 2.45) is 0 Å². The summed E-state index contributed by atoms with van der Waals surface area (Å²) < 4.78 is 28.1. The van der Waals surface area contributed by atoms with E-state index in [1.807, 2.05) is 24.3 Å². The molecule has 0 bridgehead atoms. The average molecular weight is 475 g/mol. The highest BCUT2D eigenvalue weighted by Crippen LogP contribution is 2.33. The van der Waals surface area contributed by atoms with Gasteiger partial charge in [0.05, 0.1) is 15.6 Å². The molecule has 0 radical (unpaired) electrons. The molecule has 1 aliphatic heterocycles. The average Bonchev–Trinajstić information content (AvgIpc) is 2.78. The first-order valence-corrected chi connectivity index (χ1v) is 12.0. The molecule has 0 atom stereocenters. The number of carbonyl (C=O) groups is 1. The van der Waals surface area contributed by atoms with E-state index in [2.05, 4.69) is 0 Å². The lowest BCUT2D eigenvalue weighted by Crippen LogP contribution is -2.45. The van der Waals surface area contributed by atoms with E-state index in [1.54, 1.807) is 29.2 Å². The largest absolute Gasteiger partial charge is 0.311 e. The molecular weight excluding hydrogens is 455 g/mol. The van der Waals surface area contributed by atoms with E-state index in [1.165, 1.54) is 24.3 Å². The SMILES string of the molecule is O=C(CN(c1ccc(Cl)cc1Cl)S(=O)(=O)c1ccccc1)N1CCCc2ccccc21. The van der Waals surface area contributed by atoms with Crippen LogP contribution in [0.2, 0.25) is 10.0 Å². The molecule has 0 aromatic heterocycles. The van der Waals surface area contributed by atoms with Crippen molar-refractivity contribution in [1.29, 1.82) is 0 Å². The summed E-state index contributed by atoms with van der Waals surface area (Å²) >= 11 is 12.4. The van der Waals surface area contributed by atoms with Gasteiger partial charge in [-0.15, -0.1) is 0 Å². The Hall–Kier alpha value is -2.54. The number of fused-ring (bicyclic) bond motifs is 1. The van der Waals surface area contributed by atoms with Gasteiger partial charge in [0.2, 0.25) is 5.91 Å². The van der Waals surface area contributed by atoms with E-state index in [-0.39, 0.29) is 28.1 Å². The Kier molecular flexibility index (Phi) is 6.23. The van der Waals surface area contributed by atoms with Gasteiger partial charge in [0.25, 0.3) is 10.0 Å². The second-order valence-corrected chi connectivity index (χ2v) is 9.90. The molecule has 31 heavy (non-hydrogen) atoms. The number of aryl methyl sites for hydroxylation is 1. The quantitative estimate of drug-likeness (QED) is 0.512. The van der Waals surface area contributed by atoms with Crippen LogP contribution >= 0.6 is 23.2 Å². The minimum absolute atomic E-state index is 0.0767. The highest BCUT2D eigenvalue weighted by molar-refractivity contribution is 7.92. The van der Waals surface area contributed by atoms with Crippen molar-refractivity contribution in [3.8, 4) is 0 Å². The second-order valence-electron chi connectivity index (χ2n) is 7.20. The van der Waals surface area contributed by atoms with E-state index in [4.69, 9.17) is 23.2 Å². The Labute approximate surface area is 191 Å². The molecule has 0 fully saturated rings. The minimum atomic E-state index is -4.04. The molecule has 1 amide bonds. The van der Waals surface area contributed by atoms with Gasteiger partial charge >= 0.3 is 0 Å². The number of halogens is 2. The molecule has 160 valence electrons. The molecule has 3 aromatic carbocycles. The van der Waals surface area contributed by atoms with Crippen molar-refractivity contribution < 1.29 is 13.2 Å². The van der Waals surface area contributed by atoms with Gasteiger partial charge < -0.3 is 4.90 Å². The van der Waals surface area contributed by atoms with Gasteiger partial charge in [-0.3, -0.25) is 9.10 Å². The predicted octanol–water partition coefficient (Wildman–Crippen LogP) is 5.17. The van der Waals surface area contributed by atoms with Crippen LogP contribution in [0.1, 0.15) is 12.0 Å². The Morgan fingerprint density at radius 2 is 1.68 bits per heavy atom. The molecule has 0 aliphatic carbocycles. The Bertz CT molecular complexity index is 1220. The maximum Gasteiger partial charge on any atom is 0.264 e. The topological polar surface area (TPSA) is 57.7 Å². The van der Waals surface area contributed by atoms with Crippen molar-refractivity contribution in [1.82, 2.24) is 0 Å². The molecule has 1 heterocycles. The fourth-order valence-electron chi connectivity index (χ4n) is 3.70. The van der Waals surface area contributed by atoms with Crippen LogP contribution < -0.4 is 9.21 Å². The first kappa shape index (κ1) is 21.7. The smallest absolute Gasteiger partial charge is 0.264 e. The summed E-state index contributed by atoms with van der Waals surface area (Å²) in [5.74, 6) is -0.322. The molecular formula is C23H20Cl2N2O3S. The first-order chi connectivity index (χ1) is 14.9. The summed E-state index contributed by atoms with van der Waals surface area (Å²) in [5, 5.41) is 0.529. The van der Waals surface area contributed by atoms with Crippen LogP contribution in [0.15, 0.2) is 77.7 Å². The van der Waals surface area contributed by atoms with Crippen molar-refractivity contribution in [2.75, 3.05) is 22.3 Å². The third kappa shape index (κ3) is 4.42. The van der Waals surface area contributed by atoms with Crippen molar-refractivity contribution in [2.45, 2.75) is 17.7 Å². The lowest BCUT2D eigenvalue weighted by molar-refractivity contribution is -0.117. The van der Waals surface area contributed by atoms with E-state index in [0.717, 1.165) is 28.4 Å². The third-order valence-electron chi connectivity index (χ3n) is 5.20. The van der Waals surface area contributed by atoms with Crippen LogP contribution in [0.3, 0.4) is 0 Å². The number of hydrogen-bond acceptors (Lipinski definition) is 3. The van der Waals surface area contributed by atoms with E-state index in [0.29, 0.717) is 11.6 Å². The van der Waals surface area contributed by atoms with Crippen LogP contribution in [0.25, 0.3) is 0 Å². The molecule has 0 spiro atoms. The third-order valence-corrected chi connectivity index (χ3v) is 7.51. The normalized spacial score (nSPS) is 13.5. The van der Waals surface area contributed by atoms with Gasteiger partial charge in [-0.25, -0.2) is 8.42 Å². The zero-order valence-electron chi connectivity index (χ0n) is 16.5. The van der Waals surface area contributed by atoms with Crippen molar-refractivity contribution in [3.63, 3.8) is 0 Å². The van der Waals surface area contributed by atoms with Gasteiger partial charge in [0.1, 0.15) is 6.54 Å². The summed E-state index contributed by atoms with van der Waals surface area (Å²) in [7, 11) is -4.04. The van der Waals surface area contributed by atoms with Crippen LogP contribution in [0.4, 0.5) is 11.4 Å². The summed E-state index contributed by atoms with van der Waals surface area (Å²) in [6.45, 7) is 0.149. The highest BCUT2D eigenvalue weighted by atomic mass is 35.5. The van der Waals surface area contributed by atoms with E-state index >= 15 is 0 Å². The summed E-state index contributed by atoms with van der Waals surface area (Å²) in [5.41, 5.74) is 2.09. The number of amides is 1. The number of carbonyl (C=O) groups excluding carboxylic acids is 1. The van der Waals surface area contributed by atoms with Crippen LogP contribution in [0, 0.1) is 0 Å². The zero-order chi connectivity index (χ0) is 22.0. The maximum atomic E-state index is 13.5. The fraction of sp³-hybridized carbons (Fsp3) is 0.174. The van der Waals surface area contributed by atoms with Gasteiger partial charge in [-0.05, 0) is 54.8 Å². The minimum Gasteiger partial charge on any atom is -0.311 e. The molecule has 0 saturated heterocycles. The number of para-hydroxylation sites is 1. The van der Waals surface area contributed by atoms with Gasteiger partial charge in [0.15, 0.2) is 0 Å². The molecule has 8 heteroatoms. The lowest BCUT2D eigenvalue weighted by atomic mass is 10.0. The molecule has 0 N–H and O–H groups in total. The summed E-state index contributed by atoms with van der Waals surface area (Å²) in [6.07, 6.45) is 1.70. The second kappa shape index (κ2) is 8.91. The number of benzene rings is 3. The number of rotatable bonds is 5. The van der Waals surface area contributed by atoms with Gasteiger partial charge in [0, 0.05) is 17.3 Å². The van der Waals surface area contributed by atoms with Crippen molar-refractivity contribution in [3.05, 3.63) is 88.4 Å². The number of nitrogens with zero attached hydrogens (tertiary/aromatic N) is 2. The summed E-state index contributed by atoms with van der Waals surface area (Å²) in [6, 6.07) is 20.2. The molecule has 0 unspecified atom stereocenters. The molecule has 3 aromatic rings. The Balaban J connectivity index is 1.75. The number of hydrogen-bond donors (Lipinski definition) is 0. The summed E-state index contributed by atoms with van der Waals surface area (Å²) in [4.78, 5) is 15.1. The Morgan fingerprint density at radius 1 is 0.968 bits per heavy atom. The van der Waals surface area contributed by atoms with Crippen molar-refractivity contribution >= 4 is 50.5 Å². The molecule has 1 aliphatic rings. The monoisotopic (exact) mass is 474 g/mol. The van der Waals surface area contributed by atoms with Gasteiger partial charge in [-0.2, -0.15) is 0 Å². The first-order valence-electron chi connectivity index (χ1n) is 9.79. The van der Waals surface area contributed by atoms with Crippen LogP contribution in [0.5, 0.6) is 0 Å². The highest BCUT2D eigenvalue weighted by Gasteiger charge is 2.31. The van der Waals surface area contributed by atoms with E-state index in [9.17, 15) is 13.2 Å². The fourth-order valence-corrected chi connectivity index (χ4v) is 5.72. The zero-order valence-corrected chi connectivity index (χ0v) is 18.9. The van der Waals surface area contributed by atoms with Crippen LogP contribution in [-0.2, 0) is 21.2 Å². The predicted molar refractivity (Wildman–Crippen MR) is 125 cm³/mol. The maximum absolute atomic E-state index is 13.5. The Morgan fingerprint density at radius 3 is 2.42 bits per heavy atom. The van der Waals surface area contributed by atoms with Crippen LogP contribution in [-0.4, -0.2) is 27.4 Å². The lowest BCUT2D eigenvalue weighted by Gasteiger charge is -2.32. The van der Waals surface area contributed by atoms with Gasteiger partial charge in [-0.1, -0.05) is 59.6 Å². The molecule has 0 saturated carbocycles. The number of anilines is 2. The molecule has 4 rings (SSSR count).